The second-order valence-corrected chi connectivity index (χ2v) is 4.16. The molecule has 1 aromatic heterocycles. The summed E-state index contributed by atoms with van der Waals surface area (Å²) < 4.78 is 4.55. The number of nitrogens with zero attached hydrogens (tertiary/aromatic N) is 1. The predicted molar refractivity (Wildman–Crippen MR) is 65.6 cm³/mol. The molecule has 0 spiro atoms. The molecule has 0 saturated heterocycles. The molecule has 0 saturated carbocycles. The maximum atomic E-state index is 11.2. The number of pyridine rings is 1. The van der Waals surface area contributed by atoms with Gasteiger partial charge in [-0.15, -0.1) is 0 Å². The van der Waals surface area contributed by atoms with Crippen LogP contribution in [-0.2, 0) is 9.53 Å². The number of ether oxygens (including phenoxy) is 1. The molecular formula is C12H11NO3S. The van der Waals surface area contributed by atoms with Gasteiger partial charge < -0.3 is 4.74 Å². The molecule has 0 N–H and O–H groups in total. The number of hydrogen-bond donors (Lipinski definition) is 0. The Morgan fingerprint density at radius 1 is 1.53 bits per heavy atom. The van der Waals surface area contributed by atoms with Gasteiger partial charge in [0.25, 0.3) is 0 Å². The molecule has 0 amide bonds. The van der Waals surface area contributed by atoms with E-state index >= 15 is 0 Å². The SMILES string of the molecule is COC(=O)c1cc(C#CCSC(C)=O)ccn1. The smallest absolute Gasteiger partial charge is 0.356 e. The summed E-state index contributed by atoms with van der Waals surface area (Å²) in [5.74, 6) is 5.62. The number of rotatable bonds is 2. The number of esters is 1. The van der Waals surface area contributed by atoms with Gasteiger partial charge in [0.05, 0.1) is 12.9 Å². The minimum atomic E-state index is -0.494. The van der Waals surface area contributed by atoms with E-state index < -0.39 is 5.97 Å². The van der Waals surface area contributed by atoms with Gasteiger partial charge in [0, 0.05) is 18.7 Å². The summed E-state index contributed by atoms with van der Waals surface area (Å²) in [5, 5.41) is 0.0317. The van der Waals surface area contributed by atoms with Crippen LogP contribution in [0.1, 0.15) is 23.0 Å². The van der Waals surface area contributed by atoms with Gasteiger partial charge in [-0.05, 0) is 12.1 Å². The summed E-state index contributed by atoms with van der Waals surface area (Å²) in [6, 6.07) is 3.25. The second-order valence-electron chi connectivity index (χ2n) is 3.00. The average Bonchev–Trinajstić information content (AvgIpc) is 2.34. The third kappa shape index (κ3) is 4.70. The molecule has 0 aromatic carbocycles. The first-order valence-corrected chi connectivity index (χ1v) is 5.78. The molecule has 0 aliphatic rings. The highest BCUT2D eigenvalue weighted by atomic mass is 32.2. The number of hydrogen-bond acceptors (Lipinski definition) is 5. The zero-order chi connectivity index (χ0) is 12.7. The first-order chi connectivity index (χ1) is 8.13. The van der Waals surface area contributed by atoms with Crippen molar-refractivity contribution >= 4 is 22.8 Å². The van der Waals surface area contributed by atoms with Gasteiger partial charge in [0.15, 0.2) is 5.12 Å². The molecule has 1 aromatic rings. The Labute approximate surface area is 104 Å². The van der Waals surface area contributed by atoms with E-state index in [1.807, 2.05) is 0 Å². The fourth-order valence-corrected chi connectivity index (χ4v) is 1.35. The normalized spacial score (nSPS) is 9.06. The molecule has 0 aliphatic carbocycles. The zero-order valence-corrected chi connectivity index (χ0v) is 10.3. The van der Waals surface area contributed by atoms with Crippen LogP contribution in [0, 0.1) is 11.8 Å². The van der Waals surface area contributed by atoms with E-state index in [9.17, 15) is 9.59 Å². The summed E-state index contributed by atoms with van der Waals surface area (Å²) in [4.78, 5) is 25.7. The molecular weight excluding hydrogens is 238 g/mol. The van der Waals surface area contributed by atoms with Crippen LogP contribution in [0.4, 0.5) is 0 Å². The van der Waals surface area contributed by atoms with Crippen LogP contribution in [0.3, 0.4) is 0 Å². The number of methoxy groups -OCH3 is 1. The third-order valence-electron chi connectivity index (χ3n) is 1.73. The van der Waals surface area contributed by atoms with Crippen molar-refractivity contribution in [3.05, 3.63) is 29.6 Å². The number of aromatic nitrogens is 1. The summed E-state index contributed by atoms with van der Waals surface area (Å²) in [6.45, 7) is 1.49. The van der Waals surface area contributed by atoms with Crippen LogP contribution >= 0.6 is 11.8 Å². The Balaban J connectivity index is 2.71. The highest BCUT2D eigenvalue weighted by Gasteiger charge is 2.05. The Hall–Kier alpha value is -1.80. The van der Waals surface area contributed by atoms with Gasteiger partial charge in [0.1, 0.15) is 5.69 Å². The van der Waals surface area contributed by atoms with Crippen LogP contribution in [0.5, 0.6) is 0 Å². The molecule has 4 nitrogen and oxygen atoms in total. The number of thioether (sulfide) groups is 1. The average molecular weight is 249 g/mol. The van der Waals surface area contributed by atoms with E-state index in [1.165, 1.54) is 20.2 Å². The summed E-state index contributed by atoms with van der Waals surface area (Å²) in [5.41, 5.74) is 0.892. The van der Waals surface area contributed by atoms with Crippen molar-refractivity contribution in [3.63, 3.8) is 0 Å². The quantitative estimate of drug-likeness (QED) is 0.587. The maximum Gasteiger partial charge on any atom is 0.356 e. The molecule has 88 valence electrons. The van der Waals surface area contributed by atoms with Gasteiger partial charge in [-0.25, -0.2) is 9.78 Å². The highest BCUT2D eigenvalue weighted by molar-refractivity contribution is 8.13. The fraction of sp³-hybridized carbons (Fsp3) is 0.250. The fourth-order valence-electron chi connectivity index (χ4n) is 1.00. The standard InChI is InChI=1S/C12H11NO3S/c1-9(14)17-7-3-4-10-5-6-13-11(8-10)12(15)16-2/h5-6,8H,7H2,1-2H3. The molecule has 17 heavy (non-hydrogen) atoms. The first-order valence-electron chi connectivity index (χ1n) is 4.80. The van der Waals surface area contributed by atoms with Crippen molar-refractivity contribution in [3.8, 4) is 11.8 Å². The van der Waals surface area contributed by atoms with E-state index in [0.717, 1.165) is 11.8 Å². The third-order valence-corrected chi connectivity index (χ3v) is 2.43. The Bertz CT molecular complexity index is 488. The topological polar surface area (TPSA) is 56.3 Å². The molecule has 0 atom stereocenters. The van der Waals surface area contributed by atoms with E-state index in [-0.39, 0.29) is 10.8 Å². The van der Waals surface area contributed by atoms with E-state index in [4.69, 9.17) is 0 Å². The van der Waals surface area contributed by atoms with Crippen LogP contribution in [0.25, 0.3) is 0 Å². The predicted octanol–water partition coefficient (Wildman–Crippen LogP) is 1.50. The molecule has 0 bridgehead atoms. The number of carbonyl (C=O) groups excluding carboxylic acids is 2. The van der Waals surface area contributed by atoms with Crippen LogP contribution < -0.4 is 0 Å². The molecule has 1 rings (SSSR count). The first kappa shape index (κ1) is 13.3. The lowest BCUT2D eigenvalue weighted by Crippen LogP contribution is -2.03. The number of carbonyl (C=O) groups is 2. The molecule has 0 fully saturated rings. The largest absolute Gasteiger partial charge is 0.464 e. The van der Waals surface area contributed by atoms with Gasteiger partial charge in [0.2, 0.25) is 0 Å². The summed E-state index contributed by atoms with van der Waals surface area (Å²) in [6.07, 6.45) is 1.49. The maximum absolute atomic E-state index is 11.2. The van der Waals surface area contributed by atoms with Gasteiger partial charge in [-0.3, -0.25) is 4.79 Å². The van der Waals surface area contributed by atoms with Gasteiger partial charge >= 0.3 is 5.97 Å². The van der Waals surface area contributed by atoms with E-state index in [1.54, 1.807) is 12.1 Å². The van der Waals surface area contributed by atoms with Crippen molar-refractivity contribution in [2.75, 3.05) is 12.9 Å². The van der Waals surface area contributed by atoms with Crippen molar-refractivity contribution in [1.82, 2.24) is 4.98 Å². The van der Waals surface area contributed by atoms with Crippen molar-refractivity contribution in [2.45, 2.75) is 6.92 Å². The Morgan fingerprint density at radius 2 is 2.29 bits per heavy atom. The van der Waals surface area contributed by atoms with Crippen molar-refractivity contribution in [2.24, 2.45) is 0 Å². The lowest BCUT2D eigenvalue weighted by atomic mass is 10.2. The lowest BCUT2D eigenvalue weighted by Gasteiger charge is -1.97. The van der Waals surface area contributed by atoms with Crippen LogP contribution in [0.2, 0.25) is 0 Å². The van der Waals surface area contributed by atoms with Gasteiger partial charge in [-0.2, -0.15) is 0 Å². The minimum absolute atomic E-state index is 0.0317. The zero-order valence-electron chi connectivity index (χ0n) is 9.52. The highest BCUT2D eigenvalue weighted by Crippen LogP contribution is 2.03. The van der Waals surface area contributed by atoms with Crippen molar-refractivity contribution in [1.29, 1.82) is 0 Å². The Morgan fingerprint density at radius 3 is 2.94 bits per heavy atom. The van der Waals surface area contributed by atoms with E-state index in [0.29, 0.717) is 11.3 Å². The summed E-state index contributed by atoms with van der Waals surface area (Å²) in [7, 11) is 1.30. The van der Waals surface area contributed by atoms with Crippen molar-refractivity contribution < 1.29 is 14.3 Å². The van der Waals surface area contributed by atoms with Gasteiger partial charge in [-0.1, -0.05) is 23.6 Å². The monoisotopic (exact) mass is 249 g/mol. The molecule has 1 heterocycles. The molecule has 0 unspecified atom stereocenters. The minimum Gasteiger partial charge on any atom is -0.464 e. The Kier molecular flexibility index (Phi) is 5.24. The molecule has 0 aliphatic heterocycles. The van der Waals surface area contributed by atoms with Crippen LogP contribution in [-0.4, -0.2) is 28.9 Å². The second kappa shape index (κ2) is 6.71. The molecule has 5 heteroatoms. The van der Waals surface area contributed by atoms with E-state index in [2.05, 4.69) is 21.6 Å². The molecule has 0 radical (unpaired) electrons. The lowest BCUT2D eigenvalue weighted by molar-refractivity contribution is -0.109. The van der Waals surface area contributed by atoms with Crippen LogP contribution in [0.15, 0.2) is 18.3 Å². The summed E-state index contributed by atoms with van der Waals surface area (Å²) >= 11 is 1.15.